The van der Waals surface area contributed by atoms with Crippen LogP contribution in [0.25, 0.3) is 10.2 Å². The summed E-state index contributed by atoms with van der Waals surface area (Å²) in [7, 11) is -2.98. The molecule has 2 aliphatic rings. The summed E-state index contributed by atoms with van der Waals surface area (Å²) in [6.45, 7) is 1.17. The first-order valence-corrected chi connectivity index (χ1v) is 11.7. The van der Waals surface area contributed by atoms with E-state index in [1.165, 1.54) is 4.70 Å². The van der Waals surface area contributed by atoms with E-state index in [2.05, 4.69) is 16.3 Å². The summed E-state index contributed by atoms with van der Waals surface area (Å²) in [4.78, 5) is 19.4. The Bertz CT molecular complexity index is 876. The van der Waals surface area contributed by atoms with E-state index in [1.54, 1.807) is 11.3 Å². The van der Waals surface area contributed by atoms with Gasteiger partial charge in [0.2, 0.25) is 5.91 Å². The van der Waals surface area contributed by atoms with Crippen LogP contribution in [0.4, 0.5) is 0 Å². The van der Waals surface area contributed by atoms with E-state index in [0.717, 1.165) is 36.3 Å². The summed E-state index contributed by atoms with van der Waals surface area (Å²) < 4.78 is 24.3. The lowest BCUT2D eigenvalue weighted by molar-refractivity contribution is -0.123. The minimum Gasteiger partial charge on any atom is -0.351 e. The smallest absolute Gasteiger partial charge is 0.234 e. The number of benzene rings is 1. The van der Waals surface area contributed by atoms with E-state index in [9.17, 15) is 13.2 Å². The molecule has 1 aromatic heterocycles. The number of nitrogens with zero attached hydrogens (tertiary/aromatic N) is 2. The second kappa shape index (κ2) is 7.25. The van der Waals surface area contributed by atoms with E-state index in [-0.39, 0.29) is 29.5 Å². The zero-order chi connectivity index (χ0) is 18.1. The van der Waals surface area contributed by atoms with Gasteiger partial charge in [0.05, 0.1) is 34.3 Å². The summed E-state index contributed by atoms with van der Waals surface area (Å²) in [5.41, 5.74) is 1.01. The van der Waals surface area contributed by atoms with Crippen molar-refractivity contribution in [3.63, 3.8) is 0 Å². The number of hydrogen-bond acceptors (Lipinski definition) is 6. The highest BCUT2D eigenvalue weighted by atomic mass is 32.2. The molecule has 1 aromatic carbocycles. The van der Waals surface area contributed by atoms with Gasteiger partial charge in [0, 0.05) is 6.04 Å². The minimum absolute atomic E-state index is 0.0695. The van der Waals surface area contributed by atoms with Crippen LogP contribution < -0.4 is 5.32 Å². The molecule has 8 heteroatoms. The lowest BCUT2D eigenvalue weighted by Crippen LogP contribution is -2.45. The predicted molar refractivity (Wildman–Crippen MR) is 103 cm³/mol. The van der Waals surface area contributed by atoms with E-state index in [4.69, 9.17) is 4.98 Å². The molecule has 2 saturated heterocycles. The first-order chi connectivity index (χ1) is 12.5. The summed E-state index contributed by atoms with van der Waals surface area (Å²) in [5.74, 6) is 0.163. The molecule has 2 atom stereocenters. The molecular formula is C18H23N3O3S2. The Labute approximate surface area is 157 Å². The maximum absolute atomic E-state index is 12.5. The standard InChI is InChI=1S/C18H23N3O3S2/c22-17(19-13-8-10-26(23,24)12-13)11-21-9-4-3-6-15(21)18-20-14-5-1-2-7-16(14)25-18/h1-2,5,7,13,15H,3-4,6,8-12H2,(H,19,22). The number of carbonyl (C=O) groups is 1. The van der Waals surface area contributed by atoms with E-state index < -0.39 is 9.84 Å². The number of amides is 1. The molecule has 0 spiro atoms. The van der Waals surface area contributed by atoms with Crippen LogP contribution in [-0.2, 0) is 14.6 Å². The minimum atomic E-state index is -2.98. The monoisotopic (exact) mass is 393 g/mol. The fraction of sp³-hybridized carbons (Fsp3) is 0.556. The predicted octanol–water partition coefficient (Wildman–Crippen LogP) is 2.13. The highest BCUT2D eigenvalue weighted by Gasteiger charge is 2.31. The van der Waals surface area contributed by atoms with Crippen molar-refractivity contribution < 1.29 is 13.2 Å². The van der Waals surface area contributed by atoms with Gasteiger partial charge in [-0.1, -0.05) is 18.6 Å². The Hall–Kier alpha value is -1.51. The van der Waals surface area contributed by atoms with Gasteiger partial charge < -0.3 is 5.32 Å². The van der Waals surface area contributed by atoms with Gasteiger partial charge in [-0.15, -0.1) is 11.3 Å². The van der Waals surface area contributed by atoms with E-state index >= 15 is 0 Å². The fourth-order valence-electron chi connectivity index (χ4n) is 3.86. The van der Waals surface area contributed by atoms with Gasteiger partial charge >= 0.3 is 0 Å². The molecule has 140 valence electrons. The van der Waals surface area contributed by atoms with Crippen LogP contribution >= 0.6 is 11.3 Å². The molecule has 0 aliphatic carbocycles. The van der Waals surface area contributed by atoms with Crippen molar-refractivity contribution in [2.45, 2.75) is 37.8 Å². The molecule has 2 aromatic rings. The largest absolute Gasteiger partial charge is 0.351 e. The van der Waals surface area contributed by atoms with Crippen molar-refractivity contribution in [3.05, 3.63) is 29.3 Å². The quantitative estimate of drug-likeness (QED) is 0.861. The van der Waals surface area contributed by atoms with E-state index in [1.807, 2.05) is 18.2 Å². The van der Waals surface area contributed by atoms with Crippen LogP contribution in [0.5, 0.6) is 0 Å². The third kappa shape index (κ3) is 3.92. The second-order valence-electron chi connectivity index (χ2n) is 7.17. The van der Waals surface area contributed by atoms with Gasteiger partial charge in [-0.2, -0.15) is 0 Å². The topological polar surface area (TPSA) is 79.4 Å². The van der Waals surface area contributed by atoms with Gasteiger partial charge in [0.25, 0.3) is 0 Å². The molecule has 0 bridgehead atoms. The van der Waals surface area contributed by atoms with Crippen LogP contribution in [0.15, 0.2) is 24.3 Å². The summed E-state index contributed by atoms with van der Waals surface area (Å²) in [6, 6.07) is 8.05. The molecule has 0 saturated carbocycles. The average Bonchev–Trinajstić information content (AvgIpc) is 3.18. The van der Waals surface area contributed by atoms with E-state index in [0.29, 0.717) is 13.0 Å². The van der Waals surface area contributed by atoms with Crippen LogP contribution in [0.2, 0.25) is 0 Å². The van der Waals surface area contributed by atoms with Crippen molar-refractivity contribution in [2.24, 2.45) is 0 Å². The summed E-state index contributed by atoms with van der Waals surface area (Å²) in [5, 5.41) is 3.98. The van der Waals surface area contributed by atoms with Crippen molar-refractivity contribution in [1.29, 1.82) is 0 Å². The zero-order valence-corrected chi connectivity index (χ0v) is 16.2. The first kappa shape index (κ1) is 17.9. The van der Waals surface area contributed by atoms with Crippen molar-refractivity contribution >= 4 is 37.3 Å². The number of aromatic nitrogens is 1. The molecule has 2 unspecified atom stereocenters. The van der Waals surface area contributed by atoms with Gasteiger partial charge in [0.15, 0.2) is 9.84 Å². The number of thiazole rings is 1. The molecule has 26 heavy (non-hydrogen) atoms. The first-order valence-electron chi connectivity index (χ1n) is 9.09. The normalized spacial score (nSPS) is 26.2. The fourth-order valence-corrected chi connectivity index (χ4v) is 6.67. The number of likely N-dealkylation sites (tertiary alicyclic amines) is 1. The van der Waals surface area contributed by atoms with Gasteiger partial charge in [-0.05, 0) is 37.9 Å². The third-order valence-electron chi connectivity index (χ3n) is 5.15. The van der Waals surface area contributed by atoms with Crippen molar-refractivity contribution in [1.82, 2.24) is 15.2 Å². The maximum Gasteiger partial charge on any atom is 0.234 e. The summed E-state index contributed by atoms with van der Waals surface area (Å²) >= 11 is 1.70. The molecule has 1 N–H and O–H groups in total. The third-order valence-corrected chi connectivity index (χ3v) is 8.06. The molecular weight excluding hydrogens is 370 g/mol. The van der Waals surface area contributed by atoms with Crippen molar-refractivity contribution in [3.8, 4) is 0 Å². The van der Waals surface area contributed by atoms with Gasteiger partial charge in [-0.3, -0.25) is 9.69 Å². The molecule has 1 amide bonds. The van der Waals surface area contributed by atoms with Gasteiger partial charge in [-0.25, -0.2) is 13.4 Å². The molecule has 4 rings (SSSR count). The Morgan fingerprint density at radius 1 is 1.27 bits per heavy atom. The maximum atomic E-state index is 12.5. The highest BCUT2D eigenvalue weighted by Crippen LogP contribution is 2.35. The number of nitrogens with one attached hydrogen (secondary N) is 1. The number of piperidine rings is 1. The van der Waals surface area contributed by atoms with Crippen LogP contribution in [0.3, 0.4) is 0 Å². The molecule has 2 fully saturated rings. The van der Waals surface area contributed by atoms with Crippen LogP contribution in [0, 0.1) is 0 Å². The second-order valence-corrected chi connectivity index (χ2v) is 10.5. The Kier molecular flexibility index (Phi) is 4.98. The molecule has 2 aliphatic heterocycles. The highest BCUT2D eigenvalue weighted by molar-refractivity contribution is 7.91. The summed E-state index contributed by atoms with van der Waals surface area (Å²) in [6.07, 6.45) is 3.74. The number of fused-ring (bicyclic) bond motifs is 1. The number of rotatable bonds is 4. The lowest BCUT2D eigenvalue weighted by atomic mass is 10.0. The van der Waals surface area contributed by atoms with Crippen LogP contribution in [-0.4, -0.2) is 54.8 Å². The van der Waals surface area contributed by atoms with Gasteiger partial charge in [0.1, 0.15) is 5.01 Å². The number of sulfone groups is 1. The number of hydrogen-bond donors (Lipinski definition) is 1. The Morgan fingerprint density at radius 2 is 2.12 bits per heavy atom. The number of para-hydroxylation sites is 1. The lowest BCUT2D eigenvalue weighted by Gasteiger charge is -2.34. The number of carbonyl (C=O) groups excluding carboxylic acids is 1. The zero-order valence-electron chi connectivity index (χ0n) is 14.6. The van der Waals surface area contributed by atoms with Crippen molar-refractivity contribution in [2.75, 3.05) is 24.6 Å². The Balaban J connectivity index is 1.44. The SMILES string of the molecule is O=C(CN1CCCCC1c1nc2ccccc2s1)NC1CCS(=O)(=O)C1. The Morgan fingerprint density at radius 3 is 2.88 bits per heavy atom. The molecule has 6 nitrogen and oxygen atoms in total. The molecule has 3 heterocycles. The average molecular weight is 394 g/mol. The molecule has 0 radical (unpaired) electrons. The van der Waals surface area contributed by atoms with Crippen LogP contribution in [0.1, 0.15) is 36.7 Å².